The van der Waals surface area contributed by atoms with Crippen LogP contribution in [0.2, 0.25) is 0 Å². The molecule has 12 rings (SSSR count). The summed E-state index contributed by atoms with van der Waals surface area (Å²) >= 11 is 0. The highest BCUT2D eigenvalue weighted by atomic mass is 16.3. The largest absolute Gasteiger partial charge is 0.455 e. The van der Waals surface area contributed by atoms with Crippen LogP contribution < -0.4 is 4.90 Å². The molecule has 0 fully saturated rings. The number of anilines is 3. The molecule has 3 nitrogen and oxygen atoms in total. The summed E-state index contributed by atoms with van der Waals surface area (Å²) in [4.78, 5) is 1.68. The molecule has 0 aliphatic rings. The molecule has 0 atom stereocenters. The SMILES string of the molecule is [2H]c1c([2H])c(N(c2ccc(-c3ccccc3-n3c4ccccc4c4ccccc43)cc2)c2cccc3oc4c5ccccc5ccc4c23)c([2H])c([2H])c1-c1c([2H])c([2H])c2c([2H])c([2H])c([2H])c([2H])c2c1[2H]. The second-order valence-corrected chi connectivity index (χ2v) is 14.4. The minimum Gasteiger partial charge on any atom is -0.455 e. The Hall–Kier alpha value is -7.88. The van der Waals surface area contributed by atoms with Gasteiger partial charge in [-0.2, -0.15) is 0 Å². The van der Waals surface area contributed by atoms with E-state index in [0.717, 1.165) is 54.8 Å². The molecule has 0 bridgehead atoms. The fourth-order valence-corrected chi connectivity index (χ4v) is 8.44. The van der Waals surface area contributed by atoms with Crippen LogP contribution in [0.15, 0.2) is 223 Å². The molecule has 2 heterocycles. The predicted molar refractivity (Wildman–Crippen MR) is 249 cm³/mol. The maximum atomic E-state index is 9.76. The van der Waals surface area contributed by atoms with E-state index in [-0.39, 0.29) is 16.5 Å². The Kier molecular flexibility index (Phi) is 5.44. The fourth-order valence-electron chi connectivity index (χ4n) is 8.44. The summed E-state index contributed by atoms with van der Waals surface area (Å²) in [5.41, 5.74) is 6.03. The van der Waals surface area contributed by atoms with Gasteiger partial charge in [-0.25, -0.2) is 0 Å². The molecule has 59 heavy (non-hydrogen) atoms. The second-order valence-electron chi connectivity index (χ2n) is 14.4. The van der Waals surface area contributed by atoms with E-state index in [1.54, 1.807) is 4.90 Å². The van der Waals surface area contributed by atoms with Gasteiger partial charge in [0.1, 0.15) is 11.2 Å². The Morgan fingerprint density at radius 2 is 1.12 bits per heavy atom. The molecule has 0 saturated carbocycles. The van der Waals surface area contributed by atoms with E-state index in [9.17, 15) is 6.85 Å². The highest BCUT2D eigenvalue weighted by molar-refractivity contribution is 6.19. The lowest BCUT2D eigenvalue weighted by Crippen LogP contribution is -2.10. The van der Waals surface area contributed by atoms with E-state index >= 15 is 0 Å². The van der Waals surface area contributed by atoms with Crippen LogP contribution in [0.25, 0.3) is 93.2 Å². The standard InChI is InChI=1S/C56H36N2O/c1-2-14-41-36-42(25-24-37(41)12-1)38-26-31-43(32-27-38)57(53-22-11-23-54-55(53)49-35-30-39-13-3-4-16-46(39)56(49)59-54)44-33-28-40(29-34-44)45-15-5-8-19-50(45)58-51-20-9-6-17-47(51)48-18-7-10-21-52(48)58/h1-36H/i1D,2D,12D,14D,24D,25D,26D,27D,31D,32D,36D. The third kappa shape index (κ3) is 5.36. The number of benzene rings is 10. The van der Waals surface area contributed by atoms with Crippen molar-refractivity contribution < 1.29 is 19.5 Å². The summed E-state index contributed by atoms with van der Waals surface area (Å²) in [5, 5.41) is 4.86. The van der Waals surface area contributed by atoms with Crippen molar-refractivity contribution in [2.45, 2.75) is 0 Å². The predicted octanol–water partition coefficient (Wildman–Crippen LogP) is 15.8. The first-order chi connectivity index (χ1) is 33.9. The van der Waals surface area contributed by atoms with Crippen molar-refractivity contribution in [3.05, 3.63) is 218 Å². The molecule has 0 unspecified atom stereocenters. The van der Waals surface area contributed by atoms with E-state index in [1.807, 2.05) is 115 Å². The van der Waals surface area contributed by atoms with Gasteiger partial charge < -0.3 is 13.9 Å². The molecule has 12 aromatic rings. The lowest BCUT2D eigenvalue weighted by molar-refractivity contribution is 0.672. The lowest BCUT2D eigenvalue weighted by Gasteiger charge is -2.27. The van der Waals surface area contributed by atoms with Crippen LogP contribution in [0.3, 0.4) is 0 Å². The Morgan fingerprint density at radius 1 is 0.441 bits per heavy atom. The van der Waals surface area contributed by atoms with E-state index in [1.165, 1.54) is 0 Å². The fraction of sp³-hybridized carbons (Fsp3) is 0. The van der Waals surface area contributed by atoms with Gasteiger partial charge >= 0.3 is 0 Å². The zero-order valence-corrected chi connectivity index (χ0v) is 31.2. The molecule has 0 amide bonds. The summed E-state index contributed by atoms with van der Waals surface area (Å²) in [5.74, 6) is 0. The van der Waals surface area contributed by atoms with Gasteiger partial charge in [0.15, 0.2) is 0 Å². The van der Waals surface area contributed by atoms with Crippen molar-refractivity contribution in [2.75, 3.05) is 4.90 Å². The normalized spacial score (nSPS) is 14.3. The minimum absolute atomic E-state index is 0.133. The van der Waals surface area contributed by atoms with Gasteiger partial charge in [-0.05, 0) is 99.5 Å². The van der Waals surface area contributed by atoms with Crippen molar-refractivity contribution in [1.82, 2.24) is 4.57 Å². The smallest absolute Gasteiger partial charge is 0.143 e. The van der Waals surface area contributed by atoms with Gasteiger partial charge in [-0.3, -0.25) is 0 Å². The first-order valence-electron chi connectivity index (χ1n) is 24.8. The van der Waals surface area contributed by atoms with E-state index in [4.69, 9.17) is 12.6 Å². The molecule has 0 spiro atoms. The number of fused-ring (bicyclic) bond motifs is 9. The quantitative estimate of drug-likeness (QED) is 0.168. The van der Waals surface area contributed by atoms with Crippen molar-refractivity contribution in [3.8, 4) is 27.9 Å². The third-order valence-electron chi connectivity index (χ3n) is 11.1. The van der Waals surface area contributed by atoms with Crippen molar-refractivity contribution in [2.24, 2.45) is 0 Å². The molecule has 10 aromatic carbocycles. The minimum atomic E-state index is -0.661. The summed E-state index contributed by atoms with van der Waals surface area (Å²) in [6, 6.07) is 43.2. The first kappa shape index (κ1) is 24.0. The van der Waals surface area contributed by atoms with Crippen LogP contribution in [0.4, 0.5) is 17.1 Å². The summed E-state index contributed by atoms with van der Waals surface area (Å²) in [6.45, 7) is 0. The van der Waals surface area contributed by atoms with Crippen LogP contribution in [0, 0.1) is 0 Å². The van der Waals surface area contributed by atoms with Crippen LogP contribution in [-0.2, 0) is 0 Å². The Balaban J connectivity index is 1.10. The van der Waals surface area contributed by atoms with Gasteiger partial charge in [0.05, 0.1) is 42.9 Å². The topological polar surface area (TPSA) is 21.3 Å². The molecule has 0 aliphatic carbocycles. The van der Waals surface area contributed by atoms with Gasteiger partial charge in [0.25, 0.3) is 0 Å². The molecular weight excluding hydrogens is 717 g/mol. The van der Waals surface area contributed by atoms with Crippen LogP contribution in [0.5, 0.6) is 0 Å². The van der Waals surface area contributed by atoms with Crippen LogP contribution >= 0.6 is 0 Å². The molecule has 0 aliphatic heterocycles. The number of furan rings is 1. The number of para-hydroxylation sites is 3. The molecule has 0 N–H and O–H groups in total. The average Bonchev–Trinajstić information content (AvgIpc) is 3.94. The van der Waals surface area contributed by atoms with Crippen molar-refractivity contribution >= 4 is 82.4 Å². The van der Waals surface area contributed by atoms with Gasteiger partial charge in [-0.1, -0.05) is 151 Å². The molecule has 0 radical (unpaired) electrons. The Bertz CT molecular complexity index is 4140. The number of rotatable bonds is 6. The van der Waals surface area contributed by atoms with E-state index < -0.39 is 77.6 Å². The molecule has 3 heteroatoms. The highest BCUT2D eigenvalue weighted by Crippen LogP contribution is 2.45. The zero-order chi connectivity index (χ0) is 48.4. The van der Waals surface area contributed by atoms with E-state index in [2.05, 4.69) is 41.0 Å². The maximum Gasteiger partial charge on any atom is 0.143 e. The van der Waals surface area contributed by atoms with Crippen molar-refractivity contribution in [3.63, 3.8) is 0 Å². The summed E-state index contributed by atoms with van der Waals surface area (Å²) in [7, 11) is 0. The number of aromatic nitrogens is 1. The summed E-state index contributed by atoms with van der Waals surface area (Å²) < 4.78 is 108. The molecule has 0 saturated heterocycles. The Labute approximate surface area is 356 Å². The van der Waals surface area contributed by atoms with Gasteiger partial charge in [0, 0.05) is 38.5 Å². The number of hydrogen-bond donors (Lipinski definition) is 0. The number of nitrogens with zero attached hydrogens (tertiary/aromatic N) is 2. The molecular formula is C56H36N2O. The maximum absolute atomic E-state index is 9.76. The third-order valence-corrected chi connectivity index (χ3v) is 11.1. The van der Waals surface area contributed by atoms with Gasteiger partial charge in [-0.15, -0.1) is 0 Å². The molecule has 2 aromatic heterocycles. The summed E-state index contributed by atoms with van der Waals surface area (Å²) in [6.07, 6.45) is 0. The van der Waals surface area contributed by atoms with Crippen LogP contribution in [0.1, 0.15) is 15.1 Å². The van der Waals surface area contributed by atoms with Crippen LogP contribution in [-0.4, -0.2) is 4.57 Å². The molecule has 276 valence electrons. The Morgan fingerprint density at radius 3 is 1.92 bits per heavy atom. The first-order valence-corrected chi connectivity index (χ1v) is 19.3. The zero-order valence-electron chi connectivity index (χ0n) is 42.2. The number of hydrogen-bond acceptors (Lipinski definition) is 2. The monoisotopic (exact) mass is 763 g/mol. The van der Waals surface area contributed by atoms with E-state index in [0.29, 0.717) is 27.9 Å². The van der Waals surface area contributed by atoms with Crippen molar-refractivity contribution in [1.29, 1.82) is 0 Å². The lowest BCUT2D eigenvalue weighted by atomic mass is 10.00. The van der Waals surface area contributed by atoms with Gasteiger partial charge in [0.2, 0.25) is 0 Å². The second kappa shape index (κ2) is 13.4. The average molecular weight is 764 g/mol. The highest BCUT2D eigenvalue weighted by Gasteiger charge is 2.21.